The van der Waals surface area contributed by atoms with Crippen LogP contribution in [0.2, 0.25) is 0 Å². The maximum absolute atomic E-state index is 13.2. The Hall–Kier alpha value is -1.78. The van der Waals surface area contributed by atoms with Gasteiger partial charge in [-0.05, 0) is 49.2 Å². The number of anilines is 2. The van der Waals surface area contributed by atoms with Crippen LogP contribution in [0.1, 0.15) is 44.2 Å². The van der Waals surface area contributed by atoms with Crippen molar-refractivity contribution >= 4 is 28.4 Å². The number of carbonyl (C=O) groups is 1. The van der Waals surface area contributed by atoms with Crippen molar-refractivity contribution in [3.8, 4) is 0 Å². The average molecular weight is 381 g/mol. The van der Waals surface area contributed by atoms with Gasteiger partial charge in [0.1, 0.15) is 0 Å². The van der Waals surface area contributed by atoms with E-state index in [0.717, 1.165) is 23.7 Å². The van der Waals surface area contributed by atoms with Gasteiger partial charge in [0, 0.05) is 17.7 Å². The van der Waals surface area contributed by atoms with E-state index < -0.39 is 0 Å². The molecule has 2 aliphatic heterocycles. The molecule has 1 amide bonds. The summed E-state index contributed by atoms with van der Waals surface area (Å²) in [5.74, 6) is 0.850. The lowest BCUT2D eigenvalue weighted by Crippen LogP contribution is -2.35. The van der Waals surface area contributed by atoms with Crippen LogP contribution in [0.5, 0.6) is 0 Å². The first-order valence-corrected chi connectivity index (χ1v) is 11.0. The quantitative estimate of drug-likeness (QED) is 0.672. The lowest BCUT2D eigenvalue weighted by atomic mass is 9.74. The van der Waals surface area contributed by atoms with Crippen LogP contribution in [0.25, 0.3) is 0 Å². The molecule has 0 saturated carbocycles. The van der Waals surface area contributed by atoms with Crippen molar-refractivity contribution in [3.63, 3.8) is 0 Å². The topological polar surface area (TPSA) is 23.6 Å². The van der Waals surface area contributed by atoms with E-state index in [1.807, 2.05) is 17.0 Å². The average Bonchev–Trinajstić information content (AvgIpc) is 2.69. The SMILES string of the molecule is CC1(C)c2ccccc2N(C(=O)SCCN2CCCCC2)c2ccccc21. The maximum Gasteiger partial charge on any atom is 0.290 e. The molecule has 142 valence electrons. The molecule has 1 saturated heterocycles. The normalized spacial score (nSPS) is 18.7. The number of thioether (sulfide) groups is 1. The smallest absolute Gasteiger partial charge is 0.290 e. The van der Waals surface area contributed by atoms with Gasteiger partial charge < -0.3 is 4.90 Å². The van der Waals surface area contributed by atoms with Crippen LogP contribution in [0.4, 0.5) is 16.2 Å². The van der Waals surface area contributed by atoms with Gasteiger partial charge >= 0.3 is 0 Å². The van der Waals surface area contributed by atoms with E-state index in [4.69, 9.17) is 0 Å². The number of benzene rings is 2. The fraction of sp³-hybridized carbons (Fsp3) is 0.435. The highest BCUT2D eigenvalue weighted by molar-refractivity contribution is 8.13. The lowest BCUT2D eigenvalue weighted by Gasteiger charge is -2.40. The Labute approximate surface area is 166 Å². The highest BCUT2D eigenvalue weighted by Crippen LogP contribution is 2.49. The fourth-order valence-electron chi connectivity index (χ4n) is 4.38. The van der Waals surface area contributed by atoms with E-state index in [1.165, 1.54) is 55.2 Å². The van der Waals surface area contributed by atoms with Gasteiger partial charge in [0.25, 0.3) is 5.24 Å². The molecule has 2 heterocycles. The zero-order valence-corrected chi connectivity index (χ0v) is 17.1. The van der Waals surface area contributed by atoms with E-state index in [9.17, 15) is 4.79 Å². The van der Waals surface area contributed by atoms with Gasteiger partial charge in [-0.1, -0.05) is 68.4 Å². The summed E-state index contributed by atoms with van der Waals surface area (Å²) in [4.78, 5) is 17.7. The summed E-state index contributed by atoms with van der Waals surface area (Å²) in [6.45, 7) is 7.85. The third-order valence-corrected chi connectivity index (χ3v) is 6.72. The van der Waals surface area contributed by atoms with Gasteiger partial charge in [-0.25, -0.2) is 0 Å². The first kappa shape index (κ1) is 18.6. The van der Waals surface area contributed by atoms with Crippen molar-refractivity contribution in [2.75, 3.05) is 30.3 Å². The molecule has 2 aromatic rings. The number of nitrogens with zero attached hydrogens (tertiary/aromatic N) is 2. The van der Waals surface area contributed by atoms with E-state index in [2.05, 4.69) is 55.1 Å². The molecule has 27 heavy (non-hydrogen) atoms. The van der Waals surface area contributed by atoms with Gasteiger partial charge in [0.15, 0.2) is 0 Å². The second-order valence-corrected chi connectivity index (χ2v) is 9.06. The third kappa shape index (κ3) is 3.53. The van der Waals surface area contributed by atoms with Crippen molar-refractivity contribution in [1.82, 2.24) is 4.90 Å². The van der Waals surface area contributed by atoms with Crippen LogP contribution < -0.4 is 4.90 Å². The molecule has 0 spiro atoms. The standard InChI is InChI=1S/C23H28N2OS/c1-23(2)18-10-4-6-12-20(18)25(21-13-7-5-11-19(21)23)22(26)27-17-16-24-14-8-3-9-15-24/h4-7,10-13H,3,8-9,14-17H2,1-2H3. The van der Waals surface area contributed by atoms with Crippen molar-refractivity contribution in [3.05, 3.63) is 59.7 Å². The van der Waals surface area contributed by atoms with Gasteiger partial charge in [-0.2, -0.15) is 0 Å². The Bertz CT molecular complexity index is 777. The summed E-state index contributed by atoms with van der Waals surface area (Å²) in [6, 6.07) is 16.7. The van der Waals surface area contributed by atoms with E-state index in [-0.39, 0.29) is 10.7 Å². The Morgan fingerprint density at radius 3 is 2.07 bits per heavy atom. The fourth-order valence-corrected chi connectivity index (χ4v) is 5.23. The summed E-state index contributed by atoms with van der Waals surface area (Å²) < 4.78 is 0. The van der Waals surface area contributed by atoms with Crippen LogP contribution >= 0.6 is 11.8 Å². The van der Waals surface area contributed by atoms with Crippen LogP contribution in [0.3, 0.4) is 0 Å². The molecule has 1 fully saturated rings. The molecule has 0 aliphatic carbocycles. The third-order valence-electron chi connectivity index (χ3n) is 5.90. The molecular weight excluding hydrogens is 352 g/mol. The van der Waals surface area contributed by atoms with E-state index in [1.54, 1.807) is 0 Å². The molecule has 0 aromatic heterocycles. The first-order valence-electron chi connectivity index (χ1n) is 9.97. The van der Waals surface area contributed by atoms with Gasteiger partial charge in [-0.3, -0.25) is 9.69 Å². The van der Waals surface area contributed by atoms with Crippen LogP contribution in [-0.2, 0) is 5.41 Å². The molecule has 0 bridgehead atoms. The monoisotopic (exact) mass is 380 g/mol. The number of para-hydroxylation sites is 2. The van der Waals surface area contributed by atoms with Crippen LogP contribution in [0.15, 0.2) is 48.5 Å². The summed E-state index contributed by atoms with van der Waals surface area (Å²) in [5, 5.41) is 0.127. The molecule has 0 radical (unpaired) electrons. The molecule has 0 unspecified atom stereocenters. The molecule has 4 heteroatoms. The first-order chi connectivity index (χ1) is 13.1. The minimum absolute atomic E-state index is 0.109. The van der Waals surface area contributed by atoms with Gasteiger partial charge in [0.05, 0.1) is 11.4 Å². The molecule has 0 N–H and O–H groups in total. The molecule has 4 rings (SSSR count). The zero-order chi connectivity index (χ0) is 18.9. The number of likely N-dealkylation sites (tertiary alicyclic amines) is 1. The molecule has 0 atom stereocenters. The summed E-state index contributed by atoms with van der Waals surface area (Å²) >= 11 is 1.45. The molecule has 3 nitrogen and oxygen atoms in total. The number of piperidine rings is 1. The van der Waals surface area contributed by atoms with Crippen LogP contribution in [0, 0.1) is 0 Å². The highest BCUT2D eigenvalue weighted by atomic mass is 32.2. The number of rotatable bonds is 3. The van der Waals surface area contributed by atoms with Crippen molar-refractivity contribution in [2.45, 2.75) is 38.5 Å². The Kier molecular flexibility index (Phi) is 5.29. The van der Waals surface area contributed by atoms with Crippen molar-refractivity contribution in [2.24, 2.45) is 0 Å². The Morgan fingerprint density at radius 2 is 1.48 bits per heavy atom. The number of hydrogen-bond donors (Lipinski definition) is 0. The predicted octanol–water partition coefficient (Wildman–Crippen LogP) is 5.80. The highest BCUT2D eigenvalue weighted by Gasteiger charge is 2.38. The predicted molar refractivity (Wildman–Crippen MR) is 115 cm³/mol. The second-order valence-electron chi connectivity index (χ2n) is 8.01. The van der Waals surface area contributed by atoms with Crippen LogP contribution in [-0.4, -0.2) is 35.5 Å². The number of hydrogen-bond acceptors (Lipinski definition) is 3. The summed E-state index contributed by atoms with van der Waals surface area (Å²) in [7, 11) is 0. The van der Waals surface area contributed by atoms with Gasteiger partial charge in [-0.15, -0.1) is 0 Å². The second kappa shape index (κ2) is 7.69. The molecule has 2 aliphatic rings. The summed E-state index contributed by atoms with van der Waals surface area (Å²) in [5.41, 5.74) is 4.37. The van der Waals surface area contributed by atoms with E-state index in [0.29, 0.717) is 0 Å². The maximum atomic E-state index is 13.2. The zero-order valence-electron chi connectivity index (χ0n) is 16.3. The Balaban J connectivity index is 1.58. The minimum atomic E-state index is -0.109. The van der Waals surface area contributed by atoms with E-state index >= 15 is 0 Å². The summed E-state index contributed by atoms with van der Waals surface area (Å²) in [6.07, 6.45) is 3.93. The largest absolute Gasteiger partial charge is 0.303 e. The van der Waals surface area contributed by atoms with Crippen molar-refractivity contribution in [1.29, 1.82) is 0 Å². The van der Waals surface area contributed by atoms with Gasteiger partial charge in [0.2, 0.25) is 0 Å². The Morgan fingerprint density at radius 1 is 0.926 bits per heavy atom. The minimum Gasteiger partial charge on any atom is -0.303 e. The number of amides is 1. The molecule has 2 aromatic carbocycles. The number of carbonyl (C=O) groups excluding carboxylic acids is 1. The lowest BCUT2D eigenvalue weighted by molar-refractivity contribution is 0.242. The number of fused-ring (bicyclic) bond motifs is 2. The molecular formula is C23H28N2OS. The van der Waals surface area contributed by atoms with Crippen molar-refractivity contribution < 1.29 is 4.79 Å².